The second-order valence-corrected chi connectivity index (χ2v) is 8.52. The van der Waals surface area contributed by atoms with Gasteiger partial charge in [-0.2, -0.15) is 10.2 Å². The molecule has 0 spiro atoms. The van der Waals surface area contributed by atoms with Crippen LogP contribution in [0.5, 0.6) is 0 Å². The molecule has 0 saturated carbocycles. The summed E-state index contributed by atoms with van der Waals surface area (Å²) in [7, 11) is 1.88. The highest BCUT2D eigenvalue weighted by Gasteiger charge is 2.24. The van der Waals surface area contributed by atoms with Crippen LogP contribution < -0.4 is 5.69 Å². The Labute approximate surface area is 194 Å². The van der Waals surface area contributed by atoms with Crippen LogP contribution in [0.15, 0.2) is 35.5 Å². The van der Waals surface area contributed by atoms with Crippen LogP contribution in [0, 0.1) is 17.1 Å². The minimum Gasteiger partial charge on any atom is -0.381 e. The summed E-state index contributed by atoms with van der Waals surface area (Å²) < 4.78 is 24.5. The third kappa shape index (κ3) is 4.06. The first-order valence-corrected chi connectivity index (χ1v) is 11.3. The Kier molecular flexibility index (Phi) is 6.08. The Hall–Kier alpha value is -3.62. The maximum Gasteiger partial charge on any atom is 0.330 e. The molecule has 176 valence electrons. The predicted octanol–water partition coefficient (Wildman–Crippen LogP) is 2.27. The van der Waals surface area contributed by atoms with Gasteiger partial charge in [-0.25, -0.2) is 19.2 Å². The van der Waals surface area contributed by atoms with Crippen LogP contribution in [-0.2, 0) is 11.3 Å². The van der Waals surface area contributed by atoms with Gasteiger partial charge in [-0.1, -0.05) is 0 Å². The molecule has 1 fully saturated rings. The summed E-state index contributed by atoms with van der Waals surface area (Å²) in [6.07, 6.45) is 5.37. The van der Waals surface area contributed by atoms with Crippen LogP contribution in [-0.4, -0.2) is 66.9 Å². The quantitative estimate of drug-likeness (QED) is 0.386. The number of hydrogen-bond acceptors (Lipinski definition) is 7. The number of rotatable bonds is 7. The lowest BCUT2D eigenvalue weighted by Gasteiger charge is -2.22. The number of hydrogen-bond donors (Lipinski definition) is 0. The standard InChI is InChI=1S/C23H25FN8O2/c1-29(10-7-25)8-2-9-30-20-14-26-22(31-15-27-18-4-3-16(24)13-19(18)31)28-21(20)32(23(30)33)17-5-11-34-12-6-17/h3-4,13-15,17H,2,5-6,8-12H2,1H3. The molecular weight excluding hydrogens is 439 g/mol. The summed E-state index contributed by atoms with van der Waals surface area (Å²) in [4.78, 5) is 29.0. The van der Waals surface area contributed by atoms with Gasteiger partial charge in [0.25, 0.3) is 0 Å². The zero-order valence-corrected chi connectivity index (χ0v) is 18.9. The van der Waals surface area contributed by atoms with E-state index < -0.39 is 0 Å². The lowest BCUT2D eigenvalue weighted by atomic mass is 10.1. The van der Waals surface area contributed by atoms with Crippen molar-refractivity contribution < 1.29 is 9.13 Å². The first-order chi connectivity index (χ1) is 16.6. The average Bonchev–Trinajstić information content (AvgIpc) is 3.37. The lowest BCUT2D eigenvalue weighted by molar-refractivity contribution is 0.0694. The molecule has 0 atom stereocenters. The molecular formula is C23H25FN8O2. The molecule has 0 aliphatic carbocycles. The summed E-state index contributed by atoms with van der Waals surface area (Å²) in [6, 6.07) is 6.47. The number of imidazole rings is 2. The zero-order chi connectivity index (χ0) is 23.7. The topological polar surface area (TPSA) is 107 Å². The molecule has 3 aromatic heterocycles. The van der Waals surface area contributed by atoms with Crippen LogP contribution in [0.4, 0.5) is 4.39 Å². The van der Waals surface area contributed by atoms with Crippen molar-refractivity contribution in [2.45, 2.75) is 31.8 Å². The van der Waals surface area contributed by atoms with E-state index >= 15 is 0 Å². The molecule has 1 aliphatic rings. The third-order valence-electron chi connectivity index (χ3n) is 6.24. The summed E-state index contributed by atoms with van der Waals surface area (Å²) in [5, 5.41) is 8.87. The fourth-order valence-corrected chi connectivity index (χ4v) is 4.49. The maximum atomic E-state index is 13.9. The van der Waals surface area contributed by atoms with E-state index in [0.29, 0.717) is 67.4 Å². The molecule has 11 heteroatoms. The van der Waals surface area contributed by atoms with E-state index in [-0.39, 0.29) is 17.5 Å². The largest absolute Gasteiger partial charge is 0.381 e. The summed E-state index contributed by atoms with van der Waals surface area (Å²) in [6.45, 7) is 2.70. The van der Waals surface area contributed by atoms with Gasteiger partial charge in [-0.3, -0.25) is 18.6 Å². The van der Waals surface area contributed by atoms with Crippen LogP contribution in [0.25, 0.3) is 28.1 Å². The average molecular weight is 465 g/mol. The molecule has 4 aromatic rings. The molecule has 4 heterocycles. The number of benzene rings is 1. The summed E-state index contributed by atoms with van der Waals surface area (Å²) in [5.41, 5.74) is 2.26. The minimum atomic E-state index is -0.373. The van der Waals surface area contributed by atoms with Crippen LogP contribution >= 0.6 is 0 Å². The number of halogens is 1. The van der Waals surface area contributed by atoms with E-state index in [4.69, 9.17) is 15.0 Å². The number of nitrogens with zero attached hydrogens (tertiary/aromatic N) is 8. The van der Waals surface area contributed by atoms with Gasteiger partial charge in [0.1, 0.15) is 17.7 Å². The Bertz CT molecular complexity index is 1430. The second-order valence-electron chi connectivity index (χ2n) is 8.52. The Balaban J connectivity index is 1.58. The fraction of sp³-hybridized carbons (Fsp3) is 0.435. The predicted molar refractivity (Wildman–Crippen MR) is 123 cm³/mol. The summed E-state index contributed by atoms with van der Waals surface area (Å²) in [5.74, 6) is -0.0470. The van der Waals surface area contributed by atoms with Gasteiger partial charge in [-0.15, -0.1) is 0 Å². The van der Waals surface area contributed by atoms with E-state index in [2.05, 4.69) is 16.0 Å². The van der Waals surface area contributed by atoms with E-state index in [1.54, 1.807) is 32.3 Å². The van der Waals surface area contributed by atoms with Gasteiger partial charge in [-0.05, 0) is 38.4 Å². The molecule has 0 amide bonds. The minimum absolute atomic E-state index is 0.0222. The van der Waals surface area contributed by atoms with E-state index in [0.717, 1.165) is 12.8 Å². The van der Waals surface area contributed by atoms with Crippen molar-refractivity contribution in [1.82, 2.24) is 33.6 Å². The molecule has 10 nitrogen and oxygen atoms in total. The van der Waals surface area contributed by atoms with Gasteiger partial charge in [0.2, 0.25) is 5.95 Å². The van der Waals surface area contributed by atoms with Gasteiger partial charge in [0.05, 0.1) is 29.8 Å². The van der Waals surface area contributed by atoms with Gasteiger partial charge < -0.3 is 4.74 Å². The van der Waals surface area contributed by atoms with E-state index in [9.17, 15) is 9.18 Å². The van der Waals surface area contributed by atoms with Crippen molar-refractivity contribution in [3.8, 4) is 12.0 Å². The Morgan fingerprint density at radius 2 is 2.09 bits per heavy atom. The number of ether oxygens (including phenoxy) is 1. The van der Waals surface area contributed by atoms with Crippen LogP contribution in [0.3, 0.4) is 0 Å². The van der Waals surface area contributed by atoms with Crippen molar-refractivity contribution in [3.05, 3.63) is 47.0 Å². The lowest BCUT2D eigenvalue weighted by Crippen LogP contribution is -2.31. The van der Waals surface area contributed by atoms with Crippen LogP contribution in [0.1, 0.15) is 25.3 Å². The molecule has 1 aliphatic heterocycles. The van der Waals surface area contributed by atoms with Crippen molar-refractivity contribution >= 4 is 22.2 Å². The molecule has 0 N–H and O–H groups in total. The summed E-state index contributed by atoms with van der Waals surface area (Å²) >= 11 is 0. The molecule has 0 bridgehead atoms. The van der Waals surface area contributed by atoms with Crippen LogP contribution in [0.2, 0.25) is 0 Å². The van der Waals surface area contributed by atoms with E-state index in [1.807, 2.05) is 11.9 Å². The van der Waals surface area contributed by atoms with Crippen molar-refractivity contribution in [2.24, 2.45) is 0 Å². The number of nitriles is 1. The van der Waals surface area contributed by atoms with Crippen molar-refractivity contribution in [1.29, 1.82) is 5.26 Å². The number of fused-ring (bicyclic) bond motifs is 2. The molecule has 1 aromatic carbocycles. The highest BCUT2D eigenvalue weighted by atomic mass is 19.1. The first-order valence-electron chi connectivity index (χ1n) is 11.3. The smallest absolute Gasteiger partial charge is 0.330 e. The Morgan fingerprint density at radius 3 is 2.88 bits per heavy atom. The first kappa shape index (κ1) is 22.2. The van der Waals surface area contributed by atoms with Crippen molar-refractivity contribution in [2.75, 3.05) is 33.4 Å². The SMILES string of the molecule is CN(CC#N)CCCn1c(=O)n(C2CCOCC2)c2nc(-n3cnc4ccc(F)cc43)ncc21. The molecule has 5 rings (SSSR count). The molecule has 34 heavy (non-hydrogen) atoms. The zero-order valence-electron chi connectivity index (χ0n) is 18.9. The third-order valence-corrected chi connectivity index (χ3v) is 6.24. The highest BCUT2D eigenvalue weighted by molar-refractivity contribution is 5.77. The van der Waals surface area contributed by atoms with Crippen molar-refractivity contribution in [3.63, 3.8) is 0 Å². The van der Waals surface area contributed by atoms with Gasteiger partial charge in [0, 0.05) is 38.4 Å². The number of aryl methyl sites for hydroxylation is 1. The van der Waals surface area contributed by atoms with Gasteiger partial charge >= 0.3 is 5.69 Å². The van der Waals surface area contributed by atoms with Gasteiger partial charge in [0.15, 0.2) is 5.65 Å². The molecule has 1 saturated heterocycles. The monoisotopic (exact) mass is 464 g/mol. The maximum absolute atomic E-state index is 13.9. The van der Waals surface area contributed by atoms with E-state index in [1.165, 1.54) is 12.1 Å². The second kappa shape index (κ2) is 9.32. The fourth-order valence-electron chi connectivity index (χ4n) is 4.49. The normalized spacial score (nSPS) is 14.9. The molecule has 0 radical (unpaired) electrons. The Morgan fingerprint density at radius 1 is 1.26 bits per heavy atom. The molecule has 0 unspecified atom stereocenters. The number of aromatic nitrogens is 6. The highest BCUT2D eigenvalue weighted by Crippen LogP contribution is 2.25.